The Bertz CT molecular complexity index is 954. The number of aromatic nitrogens is 4. The van der Waals surface area contributed by atoms with Crippen LogP contribution in [0.15, 0.2) is 36.2 Å². The maximum absolute atomic E-state index is 13.3. The molecule has 0 radical (unpaired) electrons. The molecule has 5 heterocycles. The summed E-state index contributed by atoms with van der Waals surface area (Å²) in [4.78, 5) is 24.6. The fourth-order valence-electron chi connectivity index (χ4n) is 3.35. The van der Waals surface area contributed by atoms with Crippen molar-refractivity contribution < 1.29 is 9.18 Å². The first-order valence-electron chi connectivity index (χ1n) is 8.33. The molecular weight excluding hydrogens is 355 g/mol. The Labute approximate surface area is 152 Å². The Morgan fingerprint density at radius 2 is 2.19 bits per heavy atom. The summed E-state index contributed by atoms with van der Waals surface area (Å²) in [5, 5.41) is 5.26. The largest absolute Gasteiger partial charge is 0.354 e. The Morgan fingerprint density at radius 3 is 2.85 bits per heavy atom. The van der Waals surface area contributed by atoms with Gasteiger partial charge in [-0.2, -0.15) is 5.10 Å². The number of carbonyl (C=O) groups is 1. The van der Waals surface area contributed by atoms with Gasteiger partial charge in [-0.25, -0.2) is 14.1 Å². The third-order valence-electron chi connectivity index (χ3n) is 4.70. The lowest BCUT2D eigenvalue weighted by Gasteiger charge is -2.16. The Kier molecular flexibility index (Phi) is 3.49. The molecule has 0 saturated carbocycles. The lowest BCUT2D eigenvalue weighted by molar-refractivity contribution is 0.0992. The zero-order chi connectivity index (χ0) is 17.7. The van der Waals surface area contributed by atoms with Crippen LogP contribution in [-0.4, -0.2) is 44.9 Å². The summed E-state index contributed by atoms with van der Waals surface area (Å²) >= 11 is 1.43. The highest BCUT2D eigenvalue weighted by atomic mass is 32.1. The van der Waals surface area contributed by atoms with Crippen LogP contribution in [0, 0.1) is 0 Å². The van der Waals surface area contributed by atoms with Crippen LogP contribution >= 0.6 is 11.3 Å². The Morgan fingerprint density at radius 1 is 1.27 bits per heavy atom. The molecule has 7 nitrogen and oxygen atoms in total. The first-order chi connectivity index (χ1) is 12.7. The van der Waals surface area contributed by atoms with Gasteiger partial charge in [0.1, 0.15) is 17.0 Å². The zero-order valence-electron chi connectivity index (χ0n) is 13.7. The molecule has 26 heavy (non-hydrogen) atoms. The third-order valence-corrected chi connectivity index (χ3v) is 5.50. The summed E-state index contributed by atoms with van der Waals surface area (Å²) < 4.78 is 15.0. The van der Waals surface area contributed by atoms with E-state index >= 15 is 0 Å². The molecule has 1 saturated heterocycles. The average Bonchev–Trinajstić information content (AvgIpc) is 3.41. The van der Waals surface area contributed by atoms with Crippen LogP contribution in [0.2, 0.25) is 0 Å². The minimum atomic E-state index is -0.780. The predicted molar refractivity (Wildman–Crippen MR) is 95.7 cm³/mol. The normalized spacial score (nSPS) is 19.4. The molecule has 1 fully saturated rings. The quantitative estimate of drug-likeness (QED) is 0.708. The van der Waals surface area contributed by atoms with Crippen LogP contribution in [0.4, 0.5) is 15.2 Å². The number of carbonyl (C=O) groups excluding carboxylic acids is 1. The van der Waals surface area contributed by atoms with Gasteiger partial charge in [-0.3, -0.25) is 14.7 Å². The molecule has 3 aromatic heterocycles. The van der Waals surface area contributed by atoms with Crippen molar-refractivity contribution in [1.29, 1.82) is 0 Å². The van der Waals surface area contributed by atoms with Crippen molar-refractivity contribution in [3.63, 3.8) is 0 Å². The molecule has 0 aromatic carbocycles. The number of halogens is 1. The second-order valence-electron chi connectivity index (χ2n) is 6.39. The van der Waals surface area contributed by atoms with Gasteiger partial charge >= 0.3 is 0 Å². The van der Waals surface area contributed by atoms with E-state index in [0.717, 1.165) is 22.1 Å². The lowest BCUT2D eigenvalue weighted by Crippen LogP contribution is -2.23. The van der Waals surface area contributed by atoms with Gasteiger partial charge < -0.3 is 4.90 Å². The van der Waals surface area contributed by atoms with Gasteiger partial charge in [0.25, 0.3) is 5.91 Å². The number of hydrogen-bond acceptors (Lipinski definition) is 6. The lowest BCUT2D eigenvalue weighted by atomic mass is 10.3. The van der Waals surface area contributed by atoms with Crippen molar-refractivity contribution in [3.05, 3.63) is 47.5 Å². The van der Waals surface area contributed by atoms with E-state index in [9.17, 15) is 9.18 Å². The van der Waals surface area contributed by atoms with Gasteiger partial charge in [0.05, 0.1) is 36.7 Å². The van der Waals surface area contributed by atoms with E-state index in [4.69, 9.17) is 0 Å². The molecule has 1 amide bonds. The highest BCUT2D eigenvalue weighted by Crippen LogP contribution is 2.30. The smallest absolute Gasteiger partial charge is 0.280 e. The topological polar surface area (TPSA) is 67.2 Å². The summed E-state index contributed by atoms with van der Waals surface area (Å²) in [6, 6.07) is 3.76. The van der Waals surface area contributed by atoms with E-state index in [2.05, 4.69) is 15.1 Å². The third kappa shape index (κ3) is 2.47. The number of nitrogens with zero attached hydrogens (tertiary/aromatic N) is 6. The zero-order valence-corrected chi connectivity index (χ0v) is 14.6. The van der Waals surface area contributed by atoms with E-state index in [1.54, 1.807) is 27.5 Å². The van der Waals surface area contributed by atoms with Crippen LogP contribution < -0.4 is 9.80 Å². The summed E-state index contributed by atoms with van der Waals surface area (Å²) in [7, 11) is 0. The monoisotopic (exact) mass is 370 g/mol. The van der Waals surface area contributed by atoms with Crippen LogP contribution in [0.5, 0.6) is 0 Å². The first kappa shape index (κ1) is 15.4. The van der Waals surface area contributed by atoms with Gasteiger partial charge in [-0.1, -0.05) is 0 Å². The minimum absolute atomic E-state index is 0.112. The van der Waals surface area contributed by atoms with Crippen LogP contribution in [0.1, 0.15) is 22.5 Å². The number of hydrogen-bond donors (Lipinski definition) is 0. The molecule has 3 aromatic rings. The minimum Gasteiger partial charge on any atom is -0.354 e. The van der Waals surface area contributed by atoms with Crippen molar-refractivity contribution in [2.24, 2.45) is 0 Å². The Balaban J connectivity index is 1.37. The fourth-order valence-corrected chi connectivity index (χ4v) is 3.98. The number of anilines is 2. The van der Waals surface area contributed by atoms with E-state index in [0.29, 0.717) is 31.7 Å². The molecule has 9 heteroatoms. The second kappa shape index (κ2) is 5.87. The number of thiazole rings is 1. The molecule has 1 atom stereocenters. The summed E-state index contributed by atoms with van der Waals surface area (Å²) in [6.45, 7) is 1.57. The van der Waals surface area contributed by atoms with Crippen LogP contribution in [0.3, 0.4) is 0 Å². The summed E-state index contributed by atoms with van der Waals surface area (Å²) in [5.74, 6) is 0.652. The molecule has 0 unspecified atom stereocenters. The molecule has 2 aliphatic heterocycles. The molecule has 2 aliphatic rings. The number of amides is 1. The predicted octanol–water partition coefficient (Wildman–Crippen LogP) is 2.43. The standard InChI is InChI=1S/C17H15FN6OS/c18-12-3-4-22(9-12)14-2-1-13(5-20-14)24-8-11-7-23(15-6-19-10-26-15)17(25)16(11)21-24/h1-2,5-6,8,10,12H,3-4,7,9H2/t12-/m1/s1. The summed E-state index contributed by atoms with van der Waals surface area (Å²) in [5.41, 5.74) is 3.82. The van der Waals surface area contributed by atoms with Crippen molar-refractivity contribution in [1.82, 2.24) is 19.7 Å². The van der Waals surface area contributed by atoms with Crippen LogP contribution in [0.25, 0.3) is 5.69 Å². The first-order valence-corrected chi connectivity index (χ1v) is 9.21. The number of pyridine rings is 1. The summed E-state index contributed by atoms with van der Waals surface area (Å²) in [6.07, 6.45) is 5.02. The fraction of sp³-hybridized carbons (Fsp3) is 0.294. The van der Waals surface area contributed by atoms with Crippen LogP contribution in [-0.2, 0) is 6.54 Å². The molecule has 0 aliphatic carbocycles. The van der Waals surface area contributed by atoms with Gasteiger partial charge in [0.2, 0.25) is 0 Å². The molecular formula is C17H15FN6OS. The van der Waals surface area contributed by atoms with Gasteiger partial charge in [0.15, 0.2) is 5.69 Å². The van der Waals surface area contributed by atoms with Crippen molar-refractivity contribution in [3.8, 4) is 5.69 Å². The van der Waals surface area contributed by atoms with E-state index in [1.165, 1.54) is 11.3 Å². The number of alkyl halides is 1. The average molecular weight is 370 g/mol. The molecule has 132 valence electrons. The molecule has 0 bridgehead atoms. The maximum atomic E-state index is 13.3. The van der Waals surface area contributed by atoms with Gasteiger partial charge in [-0.05, 0) is 18.6 Å². The van der Waals surface area contributed by atoms with Crippen molar-refractivity contribution >= 4 is 28.1 Å². The SMILES string of the molecule is O=C1c2nn(-c3ccc(N4CC[C@@H](F)C4)nc3)cc2CN1c1cncs1. The second-order valence-corrected chi connectivity index (χ2v) is 7.25. The maximum Gasteiger partial charge on any atom is 0.280 e. The van der Waals surface area contributed by atoms with E-state index in [1.807, 2.05) is 23.2 Å². The number of fused-ring (bicyclic) bond motifs is 1. The highest BCUT2D eigenvalue weighted by Gasteiger charge is 2.33. The van der Waals surface area contributed by atoms with Gasteiger partial charge in [0, 0.05) is 18.3 Å². The van der Waals surface area contributed by atoms with Gasteiger partial charge in [-0.15, -0.1) is 11.3 Å². The highest BCUT2D eigenvalue weighted by molar-refractivity contribution is 7.14. The molecule has 5 rings (SSSR count). The van der Waals surface area contributed by atoms with Crippen molar-refractivity contribution in [2.75, 3.05) is 22.9 Å². The van der Waals surface area contributed by atoms with Crippen molar-refractivity contribution in [2.45, 2.75) is 19.1 Å². The molecule has 0 spiro atoms. The van der Waals surface area contributed by atoms with E-state index in [-0.39, 0.29) is 5.91 Å². The van der Waals surface area contributed by atoms with E-state index < -0.39 is 6.17 Å². The molecule has 0 N–H and O–H groups in total. The number of rotatable bonds is 3. The Hall–Kier alpha value is -2.81.